The second kappa shape index (κ2) is 6.10. The van der Waals surface area contributed by atoms with Crippen molar-refractivity contribution in [1.29, 1.82) is 0 Å². The normalized spacial score (nSPS) is 34.4. The van der Waals surface area contributed by atoms with Gasteiger partial charge in [-0.2, -0.15) is 11.8 Å². The van der Waals surface area contributed by atoms with E-state index in [2.05, 4.69) is 12.2 Å². The van der Waals surface area contributed by atoms with Gasteiger partial charge in [0.1, 0.15) is 0 Å². The molecule has 1 N–H and O–H groups in total. The minimum atomic E-state index is 0.0538. The Kier molecular flexibility index (Phi) is 4.74. The number of carbonyl (C=O) groups excluding carboxylic acids is 1. The zero-order valence-electron chi connectivity index (χ0n) is 10.9. The minimum Gasteiger partial charge on any atom is -0.341 e. The Bertz CT molecular complexity index is 258. The first-order valence-corrected chi connectivity index (χ1v) is 7.91. The Morgan fingerprint density at radius 3 is 2.59 bits per heavy atom. The van der Waals surface area contributed by atoms with Crippen molar-refractivity contribution in [3.8, 4) is 0 Å². The molecule has 0 radical (unpaired) electrons. The Hall–Kier alpha value is -0.220. The highest BCUT2D eigenvalue weighted by atomic mass is 32.2. The highest BCUT2D eigenvalue weighted by Gasteiger charge is 2.29. The second-order valence-corrected chi connectivity index (χ2v) is 6.59. The van der Waals surface area contributed by atoms with Gasteiger partial charge in [-0.05, 0) is 31.6 Å². The molecular formula is C13H24N2OS. The van der Waals surface area contributed by atoms with Gasteiger partial charge in [0.05, 0.1) is 6.04 Å². The molecule has 98 valence electrons. The summed E-state index contributed by atoms with van der Waals surface area (Å²) in [6, 6.07) is 0.533. The van der Waals surface area contributed by atoms with E-state index in [0.29, 0.717) is 11.9 Å². The molecule has 1 amide bonds. The highest BCUT2D eigenvalue weighted by Crippen LogP contribution is 2.27. The fraction of sp³-hybridized carbons (Fsp3) is 0.923. The summed E-state index contributed by atoms with van der Waals surface area (Å²) >= 11 is 1.89. The predicted octanol–water partition coefficient (Wildman–Crippen LogP) is 1.73. The number of nitrogens with one attached hydrogen (secondary N) is 1. The number of hydrogen-bond donors (Lipinski definition) is 1. The molecule has 0 aromatic heterocycles. The van der Waals surface area contributed by atoms with E-state index in [4.69, 9.17) is 0 Å². The SMILES string of the molecule is CC1CCC(N(C)C(=O)C2CSCCN2)CC1. The molecule has 2 fully saturated rings. The van der Waals surface area contributed by atoms with E-state index in [-0.39, 0.29) is 6.04 Å². The Labute approximate surface area is 109 Å². The largest absolute Gasteiger partial charge is 0.341 e. The molecule has 2 rings (SSSR count). The van der Waals surface area contributed by atoms with Crippen LogP contribution in [0.25, 0.3) is 0 Å². The minimum absolute atomic E-state index is 0.0538. The fourth-order valence-electron chi connectivity index (χ4n) is 2.78. The first-order chi connectivity index (χ1) is 8.18. The summed E-state index contributed by atoms with van der Waals surface area (Å²) in [5, 5.41) is 3.34. The molecule has 2 aliphatic rings. The molecule has 1 saturated heterocycles. The van der Waals surface area contributed by atoms with E-state index in [0.717, 1.165) is 24.0 Å². The molecular weight excluding hydrogens is 232 g/mol. The molecule has 1 unspecified atom stereocenters. The fourth-order valence-corrected chi connectivity index (χ4v) is 3.70. The number of hydrogen-bond acceptors (Lipinski definition) is 3. The maximum atomic E-state index is 12.3. The quantitative estimate of drug-likeness (QED) is 0.816. The van der Waals surface area contributed by atoms with Gasteiger partial charge in [0.2, 0.25) is 5.91 Å². The third-order valence-electron chi connectivity index (χ3n) is 4.10. The molecule has 0 aromatic rings. The molecule has 1 heterocycles. The molecule has 1 aliphatic heterocycles. The van der Waals surface area contributed by atoms with Crippen LogP contribution in [-0.4, -0.2) is 48.0 Å². The van der Waals surface area contributed by atoms with Crippen LogP contribution in [0.1, 0.15) is 32.6 Å². The summed E-state index contributed by atoms with van der Waals surface area (Å²) in [6.45, 7) is 3.29. The van der Waals surface area contributed by atoms with Gasteiger partial charge in [0.15, 0.2) is 0 Å². The van der Waals surface area contributed by atoms with E-state index in [1.165, 1.54) is 25.7 Å². The van der Waals surface area contributed by atoms with Gasteiger partial charge in [-0.3, -0.25) is 4.79 Å². The van der Waals surface area contributed by atoms with Crippen molar-refractivity contribution in [2.45, 2.75) is 44.7 Å². The zero-order chi connectivity index (χ0) is 12.3. The van der Waals surface area contributed by atoms with Gasteiger partial charge in [-0.1, -0.05) is 6.92 Å². The van der Waals surface area contributed by atoms with Crippen LogP contribution >= 0.6 is 11.8 Å². The third kappa shape index (κ3) is 3.38. The number of amides is 1. The number of carbonyl (C=O) groups is 1. The van der Waals surface area contributed by atoms with Crippen molar-refractivity contribution >= 4 is 17.7 Å². The van der Waals surface area contributed by atoms with Gasteiger partial charge >= 0.3 is 0 Å². The highest BCUT2D eigenvalue weighted by molar-refractivity contribution is 7.99. The van der Waals surface area contributed by atoms with Crippen LogP contribution in [0.15, 0.2) is 0 Å². The maximum absolute atomic E-state index is 12.3. The van der Waals surface area contributed by atoms with Crippen molar-refractivity contribution in [2.24, 2.45) is 5.92 Å². The Balaban J connectivity index is 1.85. The van der Waals surface area contributed by atoms with Crippen LogP contribution in [0.2, 0.25) is 0 Å². The van der Waals surface area contributed by atoms with Crippen molar-refractivity contribution < 1.29 is 4.79 Å². The molecule has 0 bridgehead atoms. The number of thioether (sulfide) groups is 1. The molecule has 17 heavy (non-hydrogen) atoms. The maximum Gasteiger partial charge on any atom is 0.240 e. The van der Waals surface area contributed by atoms with Crippen molar-refractivity contribution in [1.82, 2.24) is 10.2 Å². The van der Waals surface area contributed by atoms with Gasteiger partial charge in [0, 0.05) is 31.1 Å². The lowest BCUT2D eigenvalue weighted by Crippen LogP contribution is -2.52. The summed E-state index contributed by atoms with van der Waals surface area (Å²) in [6.07, 6.45) is 4.91. The lowest BCUT2D eigenvalue weighted by atomic mass is 9.86. The van der Waals surface area contributed by atoms with Crippen LogP contribution < -0.4 is 5.32 Å². The number of nitrogens with zero attached hydrogens (tertiary/aromatic N) is 1. The Morgan fingerprint density at radius 2 is 2.00 bits per heavy atom. The van der Waals surface area contributed by atoms with Crippen molar-refractivity contribution in [3.05, 3.63) is 0 Å². The summed E-state index contributed by atoms with van der Waals surface area (Å²) < 4.78 is 0. The number of rotatable bonds is 2. The summed E-state index contributed by atoms with van der Waals surface area (Å²) in [7, 11) is 1.99. The van der Waals surface area contributed by atoms with Gasteiger partial charge in [-0.15, -0.1) is 0 Å². The Morgan fingerprint density at radius 1 is 1.29 bits per heavy atom. The topological polar surface area (TPSA) is 32.3 Å². The van der Waals surface area contributed by atoms with Crippen LogP contribution in [-0.2, 0) is 4.79 Å². The van der Waals surface area contributed by atoms with Crippen molar-refractivity contribution in [2.75, 3.05) is 25.1 Å². The molecule has 1 saturated carbocycles. The van der Waals surface area contributed by atoms with E-state index >= 15 is 0 Å². The molecule has 4 heteroatoms. The molecule has 0 spiro atoms. The summed E-state index contributed by atoms with van der Waals surface area (Å²) in [5.74, 6) is 3.22. The zero-order valence-corrected chi connectivity index (χ0v) is 11.8. The first-order valence-electron chi connectivity index (χ1n) is 6.76. The van der Waals surface area contributed by atoms with Crippen LogP contribution in [0.4, 0.5) is 0 Å². The first kappa shape index (κ1) is 13.2. The smallest absolute Gasteiger partial charge is 0.240 e. The van der Waals surface area contributed by atoms with Gasteiger partial charge < -0.3 is 10.2 Å². The lowest BCUT2D eigenvalue weighted by molar-refractivity contribution is -0.134. The van der Waals surface area contributed by atoms with Gasteiger partial charge in [-0.25, -0.2) is 0 Å². The summed E-state index contributed by atoms with van der Waals surface area (Å²) in [4.78, 5) is 14.3. The summed E-state index contributed by atoms with van der Waals surface area (Å²) in [5.41, 5.74) is 0. The van der Waals surface area contributed by atoms with Crippen LogP contribution in [0.3, 0.4) is 0 Å². The molecule has 0 aromatic carbocycles. The van der Waals surface area contributed by atoms with Crippen LogP contribution in [0.5, 0.6) is 0 Å². The van der Waals surface area contributed by atoms with E-state index in [9.17, 15) is 4.79 Å². The van der Waals surface area contributed by atoms with E-state index in [1.54, 1.807) is 0 Å². The van der Waals surface area contributed by atoms with E-state index in [1.807, 2.05) is 23.7 Å². The lowest BCUT2D eigenvalue weighted by Gasteiger charge is -2.36. The predicted molar refractivity (Wildman–Crippen MR) is 73.3 cm³/mol. The third-order valence-corrected chi connectivity index (χ3v) is 5.16. The standard InChI is InChI=1S/C13H24N2OS/c1-10-3-5-11(6-4-10)15(2)13(16)12-9-17-8-7-14-12/h10-12,14H,3-9H2,1-2H3. The average molecular weight is 256 g/mol. The average Bonchev–Trinajstić information content (AvgIpc) is 2.39. The van der Waals surface area contributed by atoms with Crippen LogP contribution in [0, 0.1) is 5.92 Å². The van der Waals surface area contributed by atoms with E-state index < -0.39 is 0 Å². The number of likely N-dealkylation sites (N-methyl/N-ethyl adjacent to an activating group) is 1. The molecule has 1 atom stereocenters. The van der Waals surface area contributed by atoms with Crippen molar-refractivity contribution in [3.63, 3.8) is 0 Å². The monoisotopic (exact) mass is 256 g/mol. The molecule has 1 aliphatic carbocycles. The van der Waals surface area contributed by atoms with Gasteiger partial charge in [0.25, 0.3) is 0 Å². The second-order valence-electron chi connectivity index (χ2n) is 5.44. The molecule has 3 nitrogen and oxygen atoms in total.